The van der Waals surface area contributed by atoms with Crippen LogP contribution in [0.5, 0.6) is 0 Å². The van der Waals surface area contributed by atoms with Crippen LogP contribution in [0.2, 0.25) is 5.02 Å². The lowest BCUT2D eigenvalue weighted by Crippen LogP contribution is -2.41. The van der Waals surface area contributed by atoms with E-state index in [4.69, 9.17) is 17.3 Å². The minimum atomic E-state index is -0.371. The van der Waals surface area contributed by atoms with Gasteiger partial charge < -0.3 is 5.73 Å². The lowest BCUT2D eigenvalue weighted by Gasteiger charge is -2.34. The van der Waals surface area contributed by atoms with Gasteiger partial charge in [-0.1, -0.05) is 31.5 Å². The molecule has 0 aromatic heterocycles. The maximum Gasteiger partial charge on any atom is 0.141 e. The van der Waals surface area contributed by atoms with Crippen molar-refractivity contribution in [2.75, 3.05) is 5.75 Å². The second-order valence-corrected chi connectivity index (χ2v) is 8.47. The van der Waals surface area contributed by atoms with Crippen molar-refractivity contribution in [2.45, 2.75) is 42.1 Å². The zero-order chi connectivity index (χ0) is 14.0. The molecule has 0 saturated carbocycles. The van der Waals surface area contributed by atoms with E-state index < -0.39 is 0 Å². The first-order valence-electron chi connectivity index (χ1n) is 6.44. The van der Waals surface area contributed by atoms with Crippen molar-refractivity contribution in [3.63, 3.8) is 0 Å². The Hall–Kier alpha value is 0.1000. The number of thioether (sulfide) groups is 2. The Morgan fingerprint density at radius 2 is 2.16 bits per heavy atom. The normalized spacial score (nSPS) is 29.2. The van der Waals surface area contributed by atoms with Crippen LogP contribution in [-0.4, -0.2) is 27.5 Å². The predicted octanol–water partition coefficient (Wildman–Crippen LogP) is 3.97. The first-order chi connectivity index (χ1) is 8.97. The Morgan fingerprint density at radius 3 is 2.79 bits per heavy atom. The molecular formula is C14H19ClFNS2. The van der Waals surface area contributed by atoms with Gasteiger partial charge in [0, 0.05) is 27.5 Å². The number of benzene rings is 1. The fourth-order valence-electron chi connectivity index (χ4n) is 2.10. The Bertz CT molecular complexity index is 443. The van der Waals surface area contributed by atoms with E-state index >= 15 is 0 Å². The Morgan fingerprint density at radius 1 is 1.42 bits per heavy atom. The van der Waals surface area contributed by atoms with Gasteiger partial charge in [-0.15, -0.1) is 0 Å². The molecule has 1 aromatic rings. The molecule has 4 unspecified atom stereocenters. The van der Waals surface area contributed by atoms with Crippen LogP contribution in [0.15, 0.2) is 18.2 Å². The van der Waals surface area contributed by atoms with Gasteiger partial charge in [0.2, 0.25) is 0 Å². The molecule has 0 amide bonds. The number of hydrogen-bond acceptors (Lipinski definition) is 3. The molecule has 0 bridgehead atoms. The largest absolute Gasteiger partial charge is 0.326 e. The van der Waals surface area contributed by atoms with Crippen molar-refractivity contribution in [1.82, 2.24) is 0 Å². The minimum absolute atomic E-state index is 0.0916. The van der Waals surface area contributed by atoms with Gasteiger partial charge in [0.25, 0.3) is 0 Å². The van der Waals surface area contributed by atoms with Gasteiger partial charge >= 0.3 is 0 Å². The van der Waals surface area contributed by atoms with Gasteiger partial charge in [-0.05, 0) is 24.1 Å². The van der Waals surface area contributed by atoms with E-state index in [0.717, 1.165) is 17.7 Å². The molecule has 4 atom stereocenters. The number of rotatable bonds is 3. The zero-order valence-electron chi connectivity index (χ0n) is 11.1. The van der Waals surface area contributed by atoms with Gasteiger partial charge in [-0.2, -0.15) is 23.5 Å². The van der Waals surface area contributed by atoms with E-state index in [2.05, 4.69) is 13.8 Å². The van der Waals surface area contributed by atoms with E-state index in [-0.39, 0.29) is 16.9 Å². The fraction of sp³-hybridized carbons (Fsp3) is 0.571. The smallest absolute Gasteiger partial charge is 0.141 e. The monoisotopic (exact) mass is 319 g/mol. The first-order valence-corrected chi connectivity index (χ1v) is 8.81. The molecule has 1 aromatic carbocycles. The van der Waals surface area contributed by atoms with E-state index in [1.54, 1.807) is 12.1 Å². The standard InChI is InChI=1S/C14H19ClFNS2/c1-8-9(2)19-14(7-18-8)13(17)6-10-3-4-12(16)11(15)5-10/h3-5,8-9,13-14H,6-7,17H2,1-2H3. The highest BCUT2D eigenvalue weighted by atomic mass is 35.5. The number of halogens is 2. The third-order valence-electron chi connectivity index (χ3n) is 3.51. The van der Waals surface area contributed by atoms with Gasteiger partial charge in [-0.3, -0.25) is 0 Å². The maximum atomic E-state index is 13.1. The van der Waals surface area contributed by atoms with Crippen LogP contribution in [0.3, 0.4) is 0 Å². The van der Waals surface area contributed by atoms with Crippen LogP contribution in [0, 0.1) is 5.82 Å². The average Bonchev–Trinajstić information content (AvgIpc) is 2.37. The third-order valence-corrected chi connectivity index (χ3v) is 7.37. The lowest BCUT2D eigenvalue weighted by molar-refractivity contribution is 0.623. The van der Waals surface area contributed by atoms with Crippen molar-refractivity contribution in [3.8, 4) is 0 Å². The second kappa shape index (κ2) is 6.70. The predicted molar refractivity (Wildman–Crippen MR) is 85.9 cm³/mol. The molecule has 5 heteroatoms. The van der Waals surface area contributed by atoms with E-state index in [9.17, 15) is 4.39 Å². The average molecular weight is 320 g/mol. The molecule has 1 aliphatic heterocycles. The van der Waals surface area contributed by atoms with Crippen molar-refractivity contribution in [2.24, 2.45) is 5.73 Å². The molecule has 2 rings (SSSR count). The van der Waals surface area contributed by atoms with Crippen LogP contribution in [0.4, 0.5) is 4.39 Å². The summed E-state index contributed by atoms with van der Waals surface area (Å²) >= 11 is 9.77. The summed E-state index contributed by atoms with van der Waals surface area (Å²) in [6, 6.07) is 4.96. The van der Waals surface area contributed by atoms with Crippen molar-refractivity contribution >= 4 is 35.1 Å². The first kappa shape index (κ1) is 15.5. The van der Waals surface area contributed by atoms with Crippen molar-refractivity contribution in [1.29, 1.82) is 0 Å². The molecule has 19 heavy (non-hydrogen) atoms. The summed E-state index contributed by atoms with van der Waals surface area (Å²) in [7, 11) is 0. The SMILES string of the molecule is CC1SCC(C(N)Cc2ccc(F)c(Cl)c2)SC1C. The number of hydrogen-bond donors (Lipinski definition) is 1. The molecule has 2 N–H and O–H groups in total. The Labute approximate surface area is 127 Å². The van der Waals surface area contributed by atoms with Crippen LogP contribution in [0.25, 0.3) is 0 Å². The highest BCUT2D eigenvalue weighted by Crippen LogP contribution is 2.37. The van der Waals surface area contributed by atoms with Crippen LogP contribution in [-0.2, 0) is 6.42 Å². The molecular weight excluding hydrogens is 301 g/mol. The van der Waals surface area contributed by atoms with E-state index in [1.807, 2.05) is 23.5 Å². The highest BCUT2D eigenvalue weighted by Gasteiger charge is 2.29. The fourth-order valence-corrected chi connectivity index (χ4v) is 5.37. The topological polar surface area (TPSA) is 26.0 Å². The molecule has 0 aliphatic carbocycles. The van der Waals surface area contributed by atoms with Crippen molar-refractivity contribution < 1.29 is 4.39 Å². The van der Waals surface area contributed by atoms with Crippen LogP contribution in [0.1, 0.15) is 19.4 Å². The maximum absolute atomic E-state index is 13.1. The summed E-state index contributed by atoms with van der Waals surface area (Å²) in [6.07, 6.45) is 0.749. The quantitative estimate of drug-likeness (QED) is 0.912. The van der Waals surface area contributed by atoms with E-state index in [1.165, 1.54) is 6.07 Å². The summed E-state index contributed by atoms with van der Waals surface area (Å²) in [4.78, 5) is 0. The molecule has 106 valence electrons. The summed E-state index contributed by atoms with van der Waals surface area (Å²) in [5, 5.41) is 1.96. The lowest BCUT2D eigenvalue weighted by atomic mass is 10.0. The van der Waals surface area contributed by atoms with Gasteiger partial charge in [0.1, 0.15) is 5.82 Å². The van der Waals surface area contributed by atoms with Gasteiger partial charge in [0.05, 0.1) is 5.02 Å². The summed E-state index contributed by atoms with van der Waals surface area (Å²) in [5.74, 6) is 0.718. The summed E-state index contributed by atoms with van der Waals surface area (Å²) in [6.45, 7) is 4.53. The third kappa shape index (κ3) is 4.03. The van der Waals surface area contributed by atoms with Crippen molar-refractivity contribution in [3.05, 3.63) is 34.6 Å². The van der Waals surface area contributed by atoms with Crippen LogP contribution >= 0.6 is 35.1 Å². The summed E-state index contributed by atoms with van der Waals surface area (Å²) in [5.41, 5.74) is 7.32. The van der Waals surface area contributed by atoms with E-state index in [0.29, 0.717) is 15.7 Å². The molecule has 1 heterocycles. The molecule has 1 nitrogen and oxygen atoms in total. The summed E-state index contributed by atoms with van der Waals surface area (Å²) < 4.78 is 13.1. The molecule has 1 fully saturated rings. The molecule has 0 spiro atoms. The highest BCUT2D eigenvalue weighted by molar-refractivity contribution is 8.07. The zero-order valence-corrected chi connectivity index (χ0v) is 13.5. The molecule has 0 radical (unpaired) electrons. The molecule has 1 aliphatic rings. The Kier molecular flexibility index (Phi) is 5.46. The van der Waals surface area contributed by atoms with Gasteiger partial charge in [0.15, 0.2) is 0 Å². The second-order valence-electron chi connectivity index (χ2n) is 5.03. The number of nitrogens with two attached hydrogens (primary N) is 1. The van der Waals surface area contributed by atoms with Gasteiger partial charge in [-0.25, -0.2) is 4.39 Å². The molecule has 1 saturated heterocycles. The van der Waals surface area contributed by atoms with Crippen LogP contribution < -0.4 is 5.73 Å². The minimum Gasteiger partial charge on any atom is -0.326 e. The Balaban J connectivity index is 1.97.